The Morgan fingerprint density at radius 3 is 2.94 bits per heavy atom. The molecule has 1 saturated heterocycles. The minimum atomic E-state index is 0.484. The van der Waals surface area contributed by atoms with Gasteiger partial charge < -0.3 is 15.2 Å². The molecule has 2 N–H and O–H groups in total. The van der Waals surface area contributed by atoms with Crippen molar-refractivity contribution in [2.75, 3.05) is 6.54 Å². The van der Waals surface area contributed by atoms with Crippen molar-refractivity contribution in [2.24, 2.45) is 0 Å². The fourth-order valence-corrected chi connectivity index (χ4v) is 2.87. The lowest BCUT2D eigenvalue weighted by atomic mass is 9.98. The maximum atomic E-state index is 4.07. The van der Waals surface area contributed by atoms with Crippen LogP contribution in [0.2, 0.25) is 0 Å². The van der Waals surface area contributed by atoms with Gasteiger partial charge in [0.2, 0.25) is 0 Å². The minimum absolute atomic E-state index is 0.484. The van der Waals surface area contributed by atoms with Crippen molar-refractivity contribution >= 4 is 0 Å². The molecule has 1 aliphatic rings. The molecule has 0 bridgehead atoms. The Kier molecular flexibility index (Phi) is 5.20. The summed E-state index contributed by atoms with van der Waals surface area (Å²) in [5, 5.41) is 7.29. The van der Waals surface area contributed by atoms with E-state index in [-0.39, 0.29) is 0 Å². The Hall–Kier alpha value is -0.870. The third kappa shape index (κ3) is 4.42. The zero-order valence-corrected chi connectivity index (χ0v) is 11.6. The molecular weight excluding hydrogens is 224 g/mol. The predicted octanol–water partition coefficient (Wildman–Crippen LogP) is 1.78. The molecule has 1 fully saturated rings. The number of rotatable bonds is 6. The lowest BCUT2D eigenvalue weighted by Crippen LogP contribution is -2.43. The highest BCUT2D eigenvalue weighted by Crippen LogP contribution is 2.12. The Morgan fingerprint density at radius 2 is 2.28 bits per heavy atom. The molecule has 3 atom stereocenters. The first-order valence-electron chi connectivity index (χ1n) is 7.19. The predicted molar refractivity (Wildman–Crippen MR) is 74.5 cm³/mol. The highest BCUT2D eigenvalue weighted by molar-refractivity contribution is 4.80. The van der Waals surface area contributed by atoms with Gasteiger partial charge in [0.25, 0.3) is 0 Å². The highest BCUT2D eigenvalue weighted by atomic mass is 15.1. The van der Waals surface area contributed by atoms with Crippen LogP contribution in [0, 0.1) is 0 Å². The SMILES string of the molecule is CC(CC1CCCCN1)NC(C)Cn1ccnc1. The first-order valence-corrected chi connectivity index (χ1v) is 7.19. The van der Waals surface area contributed by atoms with E-state index in [1.807, 2.05) is 18.7 Å². The van der Waals surface area contributed by atoms with E-state index < -0.39 is 0 Å². The van der Waals surface area contributed by atoms with E-state index in [4.69, 9.17) is 0 Å². The van der Waals surface area contributed by atoms with Gasteiger partial charge in [-0.25, -0.2) is 4.98 Å². The van der Waals surface area contributed by atoms with E-state index in [1.165, 1.54) is 32.2 Å². The van der Waals surface area contributed by atoms with Gasteiger partial charge in [-0.05, 0) is 39.7 Å². The van der Waals surface area contributed by atoms with Gasteiger partial charge in [-0.2, -0.15) is 0 Å². The summed E-state index contributed by atoms with van der Waals surface area (Å²) in [7, 11) is 0. The summed E-state index contributed by atoms with van der Waals surface area (Å²) < 4.78 is 2.13. The lowest BCUT2D eigenvalue weighted by Gasteiger charge is -2.28. The largest absolute Gasteiger partial charge is 0.336 e. The third-order valence-corrected chi connectivity index (χ3v) is 3.66. The van der Waals surface area contributed by atoms with Crippen molar-refractivity contribution in [3.8, 4) is 0 Å². The average molecular weight is 250 g/mol. The molecule has 18 heavy (non-hydrogen) atoms. The molecule has 2 heterocycles. The Bertz CT molecular complexity index is 317. The molecule has 3 unspecified atom stereocenters. The fraction of sp³-hybridized carbons (Fsp3) is 0.786. The number of hydrogen-bond donors (Lipinski definition) is 2. The molecule has 0 saturated carbocycles. The van der Waals surface area contributed by atoms with Gasteiger partial charge in [-0.15, -0.1) is 0 Å². The van der Waals surface area contributed by atoms with Crippen molar-refractivity contribution in [1.82, 2.24) is 20.2 Å². The van der Waals surface area contributed by atoms with E-state index in [0.29, 0.717) is 18.1 Å². The maximum Gasteiger partial charge on any atom is 0.0946 e. The number of aromatic nitrogens is 2. The molecule has 102 valence electrons. The molecule has 0 spiro atoms. The average Bonchev–Trinajstić information content (AvgIpc) is 2.82. The maximum absolute atomic E-state index is 4.07. The first kappa shape index (κ1) is 13.6. The second-order valence-corrected chi connectivity index (χ2v) is 5.61. The third-order valence-electron chi connectivity index (χ3n) is 3.66. The number of nitrogens with zero attached hydrogens (tertiary/aromatic N) is 2. The zero-order chi connectivity index (χ0) is 12.8. The Balaban J connectivity index is 1.67. The van der Waals surface area contributed by atoms with Gasteiger partial charge in [-0.1, -0.05) is 6.42 Å². The van der Waals surface area contributed by atoms with Gasteiger partial charge in [0, 0.05) is 37.1 Å². The van der Waals surface area contributed by atoms with Gasteiger partial charge in [0.1, 0.15) is 0 Å². The molecule has 0 aliphatic carbocycles. The van der Waals surface area contributed by atoms with Crippen LogP contribution in [0.5, 0.6) is 0 Å². The van der Waals surface area contributed by atoms with Crippen LogP contribution in [-0.4, -0.2) is 34.2 Å². The van der Waals surface area contributed by atoms with Gasteiger partial charge in [-0.3, -0.25) is 0 Å². The van der Waals surface area contributed by atoms with E-state index in [2.05, 4.69) is 34.0 Å². The summed E-state index contributed by atoms with van der Waals surface area (Å²) in [4.78, 5) is 4.07. The number of imidazole rings is 1. The summed E-state index contributed by atoms with van der Waals surface area (Å²) >= 11 is 0. The van der Waals surface area contributed by atoms with Crippen LogP contribution in [0.1, 0.15) is 39.5 Å². The second kappa shape index (κ2) is 6.90. The van der Waals surface area contributed by atoms with Crippen LogP contribution >= 0.6 is 0 Å². The van der Waals surface area contributed by atoms with E-state index in [1.54, 1.807) is 0 Å². The molecule has 1 aromatic heterocycles. The number of hydrogen-bond acceptors (Lipinski definition) is 3. The van der Waals surface area contributed by atoms with Crippen LogP contribution in [0.25, 0.3) is 0 Å². The first-order chi connectivity index (χ1) is 8.74. The summed E-state index contributed by atoms with van der Waals surface area (Å²) in [5.74, 6) is 0. The molecule has 4 nitrogen and oxygen atoms in total. The zero-order valence-electron chi connectivity index (χ0n) is 11.6. The lowest BCUT2D eigenvalue weighted by molar-refractivity contribution is 0.325. The second-order valence-electron chi connectivity index (χ2n) is 5.61. The van der Waals surface area contributed by atoms with Crippen molar-refractivity contribution in [3.05, 3.63) is 18.7 Å². The van der Waals surface area contributed by atoms with Crippen molar-refractivity contribution in [1.29, 1.82) is 0 Å². The fourth-order valence-electron chi connectivity index (χ4n) is 2.87. The van der Waals surface area contributed by atoms with Crippen molar-refractivity contribution < 1.29 is 0 Å². The molecule has 1 aromatic rings. The topological polar surface area (TPSA) is 41.9 Å². The van der Waals surface area contributed by atoms with Crippen LogP contribution in [0.15, 0.2) is 18.7 Å². The quantitative estimate of drug-likeness (QED) is 0.809. The smallest absolute Gasteiger partial charge is 0.0946 e. The van der Waals surface area contributed by atoms with Gasteiger partial charge in [0.05, 0.1) is 6.33 Å². The van der Waals surface area contributed by atoms with E-state index >= 15 is 0 Å². The van der Waals surface area contributed by atoms with Crippen LogP contribution in [0.3, 0.4) is 0 Å². The Morgan fingerprint density at radius 1 is 1.39 bits per heavy atom. The normalized spacial score (nSPS) is 23.8. The molecular formula is C14H26N4. The molecule has 1 aliphatic heterocycles. The van der Waals surface area contributed by atoms with Gasteiger partial charge >= 0.3 is 0 Å². The molecule has 2 rings (SSSR count). The van der Waals surface area contributed by atoms with Crippen molar-refractivity contribution in [3.63, 3.8) is 0 Å². The summed E-state index contributed by atoms with van der Waals surface area (Å²) in [6.07, 6.45) is 11.0. The standard InChI is InChI=1S/C14H26N4/c1-12(9-14-5-3-4-6-16-14)17-13(2)10-18-8-7-15-11-18/h7-8,11-14,16-17H,3-6,9-10H2,1-2H3. The monoisotopic (exact) mass is 250 g/mol. The van der Waals surface area contributed by atoms with E-state index in [9.17, 15) is 0 Å². The molecule has 0 amide bonds. The molecule has 0 aromatic carbocycles. The minimum Gasteiger partial charge on any atom is -0.336 e. The highest BCUT2D eigenvalue weighted by Gasteiger charge is 2.16. The summed E-state index contributed by atoms with van der Waals surface area (Å²) in [6, 6.07) is 1.76. The molecule has 0 radical (unpaired) electrons. The number of nitrogens with one attached hydrogen (secondary N) is 2. The van der Waals surface area contributed by atoms with Crippen LogP contribution < -0.4 is 10.6 Å². The summed E-state index contributed by atoms with van der Waals surface area (Å²) in [5.41, 5.74) is 0. The Labute approximate surface area is 110 Å². The number of piperidine rings is 1. The van der Waals surface area contributed by atoms with Crippen molar-refractivity contribution in [2.45, 2.75) is 64.2 Å². The van der Waals surface area contributed by atoms with Crippen LogP contribution in [0.4, 0.5) is 0 Å². The van der Waals surface area contributed by atoms with E-state index in [0.717, 1.165) is 6.54 Å². The molecule has 4 heteroatoms. The summed E-state index contributed by atoms with van der Waals surface area (Å²) in [6.45, 7) is 6.72. The van der Waals surface area contributed by atoms with Crippen LogP contribution in [-0.2, 0) is 6.54 Å². The van der Waals surface area contributed by atoms with Gasteiger partial charge in [0.15, 0.2) is 0 Å².